The predicted octanol–water partition coefficient (Wildman–Crippen LogP) is 3.20. The van der Waals surface area contributed by atoms with Crippen LogP contribution in [0.25, 0.3) is 0 Å². The molecule has 1 fully saturated rings. The van der Waals surface area contributed by atoms with Crippen molar-refractivity contribution in [3.05, 3.63) is 69.9 Å². The normalized spacial score (nSPS) is 18.5. The molecule has 3 atom stereocenters. The molecule has 13 heteroatoms. The lowest BCUT2D eigenvalue weighted by atomic mass is 10.0. The van der Waals surface area contributed by atoms with E-state index in [0.717, 1.165) is 18.9 Å². The smallest absolute Gasteiger partial charge is 0.422 e. The van der Waals surface area contributed by atoms with Crippen LogP contribution >= 0.6 is 0 Å². The Balaban J connectivity index is 1.60. The van der Waals surface area contributed by atoms with Gasteiger partial charge in [0.1, 0.15) is 16.9 Å². The number of nitrogens with one attached hydrogen (secondary N) is 3. The third-order valence-electron chi connectivity index (χ3n) is 5.97. The van der Waals surface area contributed by atoms with Crippen molar-refractivity contribution in [3.63, 3.8) is 0 Å². The number of benzene rings is 1. The molecule has 1 aliphatic heterocycles. The van der Waals surface area contributed by atoms with Crippen LogP contribution in [0.3, 0.4) is 0 Å². The van der Waals surface area contributed by atoms with Gasteiger partial charge in [0.15, 0.2) is 12.4 Å². The van der Waals surface area contributed by atoms with Crippen LogP contribution in [0.15, 0.2) is 36.7 Å². The topological polar surface area (TPSA) is 117 Å². The van der Waals surface area contributed by atoms with Gasteiger partial charge in [0.25, 0.3) is 11.8 Å². The highest BCUT2D eigenvalue weighted by Crippen LogP contribution is 2.29. The molecular weight excluding hydrogens is 486 g/mol. The zero-order chi connectivity index (χ0) is 26.8. The number of rotatable bonds is 4. The van der Waals surface area contributed by atoms with Crippen LogP contribution in [0.1, 0.15) is 71.5 Å². The van der Waals surface area contributed by atoms with E-state index in [-0.39, 0.29) is 40.0 Å². The number of amides is 4. The first-order valence-electron chi connectivity index (χ1n) is 11.1. The van der Waals surface area contributed by atoms with Crippen LogP contribution in [-0.4, -0.2) is 34.8 Å². The van der Waals surface area contributed by atoms with Gasteiger partial charge in [-0.15, -0.1) is 0 Å². The molecule has 1 aromatic carbocycles. The molecule has 1 saturated heterocycles. The van der Waals surface area contributed by atoms with Crippen molar-refractivity contribution in [1.82, 2.24) is 21.1 Å². The number of alkyl halides is 3. The molecule has 36 heavy (non-hydrogen) atoms. The monoisotopic (exact) mass is 511 g/mol. The van der Waals surface area contributed by atoms with Crippen molar-refractivity contribution < 1.29 is 36.7 Å². The fourth-order valence-corrected chi connectivity index (χ4v) is 4.08. The van der Waals surface area contributed by atoms with Crippen molar-refractivity contribution >= 4 is 17.8 Å². The van der Waals surface area contributed by atoms with Crippen LogP contribution in [0.2, 0.25) is 0 Å². The third-order valence-corrected chi connectivity index (χ3v) is 5.97. The number of nitrogens with zero attached hydrogens (tertiary/aromatic N) is 2. The third kappa shape index (κ3) is 6.01. The fourth-order valence-electron chi connectivity index (χ4n) is 4.08. The minimum Gasteiger partial charge on any atom is -0.619 e. The first-order valence-corrected chi connectivity index (χ1v) is 11.1. The molecule has 0 spiro atoms. The van der Waals surface area contributed by atoms with E-state index in [0.29, 0.717) is 12.3 Å². The SMILES string of the molecule is C[C@@H]1CC[C@H](C)N1C(=O)c1ccc([C@@H](C)NC(=O)NNC(=O)c2cc(C(F)(F)F)c[n+]([O-])c2)c(F)c1. The number of likely N-dealkylation sites (tertiary alicyclic amines) is 1. The van der Waals surface area contributed by atoms with Gasteiger partial charge in [-0.05, 0) is 51.8 Å². The van der Waals surface area contributed by atoms with Gasteiger partial charge in [0.2, 0.25) is 0 Å². The second-order valence-corrected chi connectivity index (χ2v) is 8.67. The minimum atomic E-state index is -4.85. The molecule has 2 heterocycles. The standard InChI is InChI=1S/C23H25F4N5O4/c1-12-4-5-13(2)32(12)21(34)15-6-7-18(19(24)9-15)14(3)28-22(35)30-29-20(33)16-8-17(23(25,26)27)11-31(36)10-16/h6-14H,4-5H2,1-3H3,(H,29,33)(H2,28,30,35)/t12-,13+,14-/m1/s1. The molecule has 0 aliphatic carbocycles. The number of hydrogen-bond donors (Lipinski definition) is 3. The van der Waals surface area contributed by atoms with E-state index >= 15 is 0 Å². The second kappa shape index (κ2) is 10.4. The molecule has 3 rings (SSSR count). The quantitative estimate of drug-likeness (QED) is 0.253. The average Bonchev–Trinajstić information content (AvgIpc) is 3.13. The molecule has 0 radical (unpaired) electrons. The first-order chi connectivity index (χ1) is 16.8. The molecule has 194 valence electrons. The summed E-state index contributed by atoms with van der Waals surface area (Å²) in [5, 5.41) is 13.7. The molecule has 4 amide bonds. The predicted molar refractivity (Wildman–Crippen MR) is 119 cm³/mol. The van der Waals surface area contributed by atoms with Gasteiger partial charge in [-0.2, -0.15) is 17.9 Å². The van der Waals surface area contributed by atoms with Crippen molar-refractivity contribution in [1.29, 1.82) is 0 Å². The van der Waals surface area contributed by atoms with Gasteiger partial charge in [-0.25, -0.2) is 14.6 Å². The Hall–Kier alpha value is -3.90. The maximum absolute atomic E-state index is 14.8. The van der Waals surface area contributed by atoms with Gasteiger partial charge in [0.05, 0.1) is 6.04 Å². The van der Waals surface area contributed by atoms with E-state index in [1.54, 1.807) is 4.90 Å². The number of halogens is 4. The first kappa shape index (κ1) is 26.7. The summed E-state index contributed by atoms with van der Waals surface area (Å²) in [4.78, 5) is 38.7. The molecule has 9 nitrogen and oxygen atoms in total. The largest absolute Gasteiger partial charge is 0.619 e. The number of carbonyl (C=O) groups excluding carboxylic acids is 3. The van der Waals surface area contributed by atoms with Crippen molar-refractivity contribution in [2.45, 2.75) is 57.9 Å². The summed E-state index contributed by atoms with van der Waals surface area (Å²) in [6.07, 6.45) is -2.25. The summed E-state index contributed by atoms with van der Waals surface area (Å²) in [6.45, 7) is 5.32. The number of pyridine rings is 1. The molecule has 0 unspecified atom stereocenters. The van der Waals surface area contributed by atoms with E-state index in [9.17, 15) is 37.2 Å². The summed E-state index contributed by atoms with van der Waals surface area (Å²) in [5.41, 5.74) is 2.08. The zero-order valence-corrected chi connectivity index (χ0v) is 19.6. The van der Waals surface area contributed by atoms with Crippen molar-refractivity contribution in [2.24, 2.45) is 0 Å². The van der Waals surface area contributed by atoms with Crippen molar-refractivity contribution in [2.75, 3.05) is 0 Å². The summed E-state index contributed by atoms with van der Waals surface area (Å²) in [5.74, 6) is -2.18. The lowest BCUT2D eigenvalue weighted by Crippen LogP contribution is -2.48. The number of carbonyl (C=O) groups is 3. The van der Waals surface area contributed by atoms with Crippen LogP contribution < -0.4 is 20.9 Å². The molecule has 1 aromatic heterocycles. The zero-order valence-electron chi connectivity index (χ0n) is 19.6. The van der Waals surface area contributed by atoms with Gasteiger partial charge in [0, 0.05) is 23.2 Å². The van der Waals surface area contributed by atoms with Crippen molar-refractivity contribution in [3.8, 4) is 0 Å². The molecular formula is C23H25F4N5O4. The van der Waals surface area contributed by atoms with Gasteiger partial charge in [-0.3, -0.25) is 15.0 Å². The number of aromatic nitrogens is 1. The van der Waals surface area contributed by atoms with Gasteiger partial charge < -0.3 is 15.4 Å². The Bertz CT molecular complexity index is 1160. The summed E-state index contributed by atoms with van der Waals surface area (Å²) in [7, 11) is 0. The van der Waals surface area contributed by atoms with E-state index in [1.165, 1.54) is 19.1 Å². The van der Waals surface area contributed by atoms with Crippen LogP contribution in [0, 0.1) is 11.0 Å². The molecule has 1 aliphatic rings. The van der Waals surface area contributed by atoms with Crippen LogP contribution in [-0.2, 0) is 6.18 Å². The maximum atomic E-state index is 14.8. The van der Waals surface area contributed by atoms with Crippen LogP contribution in [0.5, 0.6) is 0 Å². The minimum absolute atomic E-state index is 0.0458. The number of hydrogen-bond acceptors (Lipinski definition) is 4. The summed E-state index contributed by atoms with van der Waals surface area (Å²) < 4.78 is 53.1. The van der Waals surface area contributed by atoms with E-state index in [1.807, 2.05) is 24.7 Å². The Labute approximate surface area is 204 Å². The lowest BCUT2D eigenvalue weighted by Gasteiger charge is -2.26. The van der Waals surface area contributed by atoms with E-state index < -0.39 is 41.1 Å². The fraction of sp³-hybridized carbons (Fsp3) is 0.391. The molecule has 0 bridgehead atoms. The maximum Gasteiger partial charge on any atom is 0.422 e. The Morgan fingerprint density at radius 1 is 1.06 bits per heavy atom. The molecule has 0 saturated carbocycles. The van der Waals surface area contributed by atoms with E-state index in [4.69, 9.17) is 0 Å². The lowest BCUT2D eigenvalue weighted by molar-refractivity contribution is -0.606. The highest BCUT2D eigenvalue weighted by molar-refractivity contribution is 5.95. The number of urea groups is 1. The highest BCUT2D eigenvalue weighted by Gasteiger charge is 2.34. The van der Waals surface area contributed by atoms with E-state index in [2.05, 4.69) is 5.32 Å². The summed E-state index contributed by atoms with van der Waals surface area (Å²) in [6, 6.07) is 2.58. The number of hydrazine groups is 1. The Kier molecular flexibility index (Phi) is 7.70. The molecule has 3 N–H and O–H groups in total. The average molecular weight is 511 g/mol. The highest BCUT2D eigenvalue weighted by atomic mass is 19.4. The van der Waals surface area contributed by atoms with Crippen LogP contribution in [0.4, 0.5) is 22.4 Å². The van der Waals surface area contributed by atoms with Gasteiger partial charge in [-0.1, -0.05) is 6.07 Å². The summed E-state index contributed by atoms with van der Waals surface area (Å²) >= 11 is 0. The Morgan fingerprint density at radius 2 is 1.69 bits per heavy atom. The Morgan fingerprint density at radius 3 is 2.28 bits per heavy atom. The molecule has 2 aromatic rings. The second-order valence-electron chi connectivity index (χ2n) is 8.67. The van der Waals surface area contributed by atoms with Gasteiger partial charge >= 0.3 is 12.2 Å².